The molecule has 0 aliphatic rings. The maximum Gasteiger partial charge on any atom is 0.192 e. The number of ketones is 1. The Labute approximate surface area is 146 Å². The third kappa shape index (κ3) is 3.78. The summed E-state index contributed by atoms with van der Waals surface area (Å²) in [6.45, 7) is 5.56. The van der Waals surface area contributed by atoms with Crippen molar-refractivity contribution in [2.24, 2.45) is 0 Å². The molecule has 0 aliphatic heterocycles. The summed E-state index contributed by atoms with van der Waals surface area (Å²) in [6, 6.07) is 9.26. The average molecular weight is 344 g/mol. The molecule has 0 spiro atoms. The topological polar surface area (TPSA) is 66.8 Å². The van der Waals surface area contributed by atoms with E-state index < -0.39 is 24.8 Å². The maximum atomic E-state index is 14.6. The van der Waals surface area contributed by atoms with Crippen LogP contribution in [0.15, 0.2) is 42.5 Å². The van der Waals surface area contributed by atoms with E-state index in [4.69, 9.17) is 4.74 Å². The normalized spacial score (nSPS) is 10.6. The fourth-order valence-electron chi connectivity index (χ4n) is 2.63. The third-order valence-electron chi connectivity index (χ3n) is 3.99. The number of ether oxygens (including phenoxy) is 1. The zero-order valence-corrected chi connectivity index (χ0v) is 14.3. The van der Waals surface area contributed by atoms with Crippen LogP contribution in [0.5, 0.6) is 5.75 Å². The zero-order chi connectivity index (χ0) is 18.6. The number of halogens is 1. The number of aliphatic hydroxyl groups excluding tert-OH is 2. The van der Waals surface area contributed by atoms with Crippen molar-refractivity contribution in [1.29, 1.82) is 0 Å². The zero-order valence-electron chi connectivity index (χ0n) is 14.3. The van der Waals surface area contributed by atoms with Gasteiger partial charge in [0.1, 0.15) is 18.2 Å². The Morgan fingerprint density at radius 1 is 1.16 bits per heavy atom. The number of carbonyl (C=O) groups is 1. The minimum atomic E-state index is -0.719. The number of carbonyl (C=O) groups excluding carboxylic acids is 1. The van der Waals surface area contributed by atoms with Gasteiger partial charge in [0.2, 0.25) is 0 Å². The Hall–Kier alpha value is -2.50. The van der Waals surface area contributed by atoms with Crippen molar-refractivity contribution in [3.63, 3.8) is 0 Å². The van der Waals surface area contributed by atoms with Crippen molar-refractivity contribution in [1.82, 2.24) is 0 Å². The summed E-state index contributed by atoms with van der Waals surface area (Å²) in [6.07, 6.45) is 0. The molecule has 2 aromatic carbocycles. The molecule has 0 atom stereocenters. The van der Waals surface area contributed by atoms with E-state index in [1.165, 1.54) is 13.8 Å². The molecule has 0 bridgehead atoms. The highest BCUT2D eigenvalue weighted by Crippen LogP contribution is 2.35. The van der Waals surface area contributed by atoms with Crippen LogP contribution in [0.4, 0.5) is 4.39 Å². The van der Waals surface area contributed by atoms with Gasteiger partial charge in [-0.25, -0.2) is 4.39 Å². The van der Waals surface area contributed by atoms with Crippen molar-refractivity contribution < 1.29 is 24.1 Å². The van der Waals surface area contributed by atoms with Crippen LogP contribution in [0.3, 0.4) is 0 Å². The molecule has 0 fully saturated rings. The number of hydrogen-bond donors (Lipinski definition) is 2. The Morgan fingerprint density at radius 2 is 1.76 bits per heavy atom. The minimum Gasteiger partial charge on any atom is -0.488 e. The van der Waals surface area contributed by atoms with Crippen LogP contribution in [-0.2, 0) is 19.8 Å². The fraction of sp³-hybridized carbons (Fsp3) is 0.250. The first kappa shape index (κ1) is 18.8. The lowest BCUT2D eigenvalue weighted by atomic mass is 9.92. The van der Waals surface area contributed by atoms with Crippen molar-refractivity contribution in [3.8, 4) is 5.75 Å². The standard InChI is InChI=1S/C20H21FO4/c1-12(2)19(24)17-13(3)18(21)15(9-22)16(10-23)20(17)25-11-14-7-5-4-6-8-14/h4-8,22-23H,1,9-11H2,2-3H3. The molecule has 0 amide bonds. The molecular weight excluding hydrogens is 323 g/mol. The second kappa shape index (κ2) is 8.05. The first-order valence-electron chi connectivity index (χ1n) is 7.84. The highest BCUT2D eigenvalue weighted by molar-refractivity contribution is 6.11. The molecule has 4 nitrogen and oxygen atoms in total. The molecule has 2 aromatic rings. The molecule has 0 aromatic heterocycles. The molecule has 2 N–H and O–H groups in total. The van der Waals surface area contributed by atoms with E-state index >= 15 is 0 Å². The monoisotopic (exact) mass is 344 g/mol. The van der Waals surface area contributed by atoms with Crippen molar-refractivity contribution in [2.45, 2.75) is 33.7 Å². The summed E-state index contributed by atoms with van der Waals surface area (Å²) in [7, 11) is 0. The molecule has 0 heterocycles. The summed E-state index contributed by atoms with van der Waals surface area (Å²) in [5.74, 6) is -1.09. The van der Waals surface area contributed by atoms with Crippen molar-refractivity contribution >= 4 is 5.78 Å². The van der Waals surface area contributed by atoms with Crippen LogP contribution in [0.25, 0.3) is 0 Å². The number of allylic oxidation sites excluding steroid dienone is 1. The van der Waals surface area contributed by atoms with E-state index in [2.05, 4.69) is 6.58 Å². The quantitative estimate of drug-likeness (QED) is 0.596. The molecule has 0 aliphatic carbocycles. The van der Waals surface area contributed by atoms with Crippen LogP contribution in [0, 0.1) is 12.7 Å². The Morgan fingerprint density at radius 3 is 2.28 bits per heavy atom. The Bertz CT molecular complexity index is 797. The van der Waals surface area contributed by atoms with E-state index in [1.807, 2.05) is 30.3 Å². The van der Waals surface area contributed by atoms with Gasteiger partial charge in [-0.15, -0.1) is 0 Å². The summed E-state index contributed by atoms with van der Waals surface area (Å²) in [5.41, 5.74) is 1.19. The van der Waals surface area contributed by atoms with E-state index in [0.717, 1.165) is 5.56 Å². The highest BCUT2D eigenvalue weighted by Gasteiger charge is 2.26. The first-order chi connectivity index (χ1) is 11.9. The second-order valence-electron chi connectivity index (χ2n) is 5.80. The van der Waals surface area contributed by atoms with E-state index in [0.29, 0.717) is 0 Å². The van der Waals surface area contributed by atoms with Gasteiger partial charge in [0, 0.05) is 16.7 Å². The molecule has 132 valence electrons. The predicted octanol–water partition coefficient (Wildman–Crippen LogP) is 3.46. The lowest BCUT2D eigenvalue weighted by molar-refractivity contribution is 0.102. The van der Waals surface area contributed by atoms with Crippen LogP contribution in [0.2, 0.25) is 0 Å². The van der Waals surface area contributed by atoms with Gasteiger partial charge >= 0.3 is 0 Å². The average Bonchev–Trinajstić information content (AvgIpc) is 2.62. The molecule has 0 saturated carbocycles. The number of benzene rings is 2. The van der Waals surface area contributed by atoms with Crippen LogP contribution in [-0.4, -0.2) is 16.0 Å². The molecule has 0 radical (unpaired) electrons. The van der Waals surface area contributed by atoms with Gasteiger partial charge in [0.25, 0.3) is 0 Å². The van der Waals surface area contributed by atoms with Gasteiger partial charge in [0.05, 0.1) is 18.8 Å². The summed E-state index contributed by atoms with van der Waals surface area (Å²) >= 11 is 0. The van der Waals surface area contributed by atoms with Crippen LogP contribution in [0.1, 0.15) is 39.5 Å². The lowest BCUT2D eigenvalue weighted by Gasteiger charge is -2.20. The Balaban J connectivity index is 2.62. The van der Waals surface area contributed by atoms with Crippen molar-refractivity contribution in [2.75, 3.05) is 0 Å². The third-order valence-corrected chi connectivity index (χ3v) is 3.99. The van der Waals surface area contributed by atoms with Gasteiger partial charge in [0.15, 0.2) is 5.78 Å². The number of Topliss-reactive ketones (excluding diaryl/α,β-unsaturated/α-hetero) is 1. The lowest BCUT2D eigenvalue weighted by Crippen LogP contribution is -2.14. The second-order valence-corrected chi connectivity index (χ2v) is 5.80. The molecule has 25 heavy (non-hydrogen) atoms. The number of rotatable bonds is 7. The summed E-state index contributed by atoms with van der Waals surface area (Å²) in [4.78, 5) is 12.5. The molecule has 2 rings (SSSR count). The fourth-order valence-corrected chi connectivity index (χ4v) is 2.63. The summed E-state index contributed by atoms with van der Waals surface area (Å²) in [5, 5.41) is 19.2. The number of hydrogen-bond acceptors (Lipinski definition) is 4. The molecule has 5 heteroatoms. The van der Waals surface area contributed by atoms with Gasteiger partial charge in [-0.3, -0.25) is 4.79 Å². The van der Waals surface area contributed by atoms with E-state index in [1.54, 1.807) is 0 Å². The van der Waals surface area contributed by atoms with Crippen LogP contribution < -0.4 is 4.74 Å². The largest absolute Gasteiger partial charge is 0.488 e. The van der Waals surface area contributed by atoms with Gasteiger partial charge < -0.3 is 14.9 Å². The molecule has 0 unspecified atom stereocenters. The van der Waals surface area contributed by atoms with Crippen LogP contribution >= 0.6 is 0 Å². The SMILES string of the molecule is C=C(C)C(=O)c1c(C)c(F)c(CO)c(CO)c1OCc1ccccc1. The summed E-state index contributed by atoms with van der Waals surface area (Å²) < 4.78 is 20.4. The maximum absolute atomic E-state index is 14.6. The van der Waals surface area contributed by atoms with Gasteiger partial charge in [-0.2, -0.15) is 0 Å². The molecule has 0 saturated heterocycles. The highest BCUT2D eigenvalue weighted by atomic mass is 19.1. The van der Waals surface area contributed by atoms with E-state index in [9.17, 15) is 19.4 Å². The molecular formula is C20H21FO4. The smallest absolute Gasteiger partial charge is 0.192 e. The van der Waals surface area contributed by atoms with Gasteiger partial charge in [-0.05, 0) is 25.0 Å². The minimum absolute atomic E-state index is 0.0298. The van der Waals surface area contributed by atoms with Gasteiger partial charge in [-0.1, -0.05) is 36.9 Å². The number of aliphatic hydroxyl groups is 2. The Kier molecular flexibility index (Phi) is 6.07. The van der Waals surface area contributed by atoms with Crippen molar-refractivity contribution in [3.05, 3.63) is 76.1 Å². The van der Waals surface area contributed by atoms with E-state index in [-0.39, 0.29) is 40.2 Å². The predicted molar refractivity (Wildman–Crippen MR) is 92.9 cm³/mol. The first-order valence-corrected chi connectivity index (χ1v) is 7.84.